The molecule has 0 radical (unpaired) electrons. The van der Waals surface area contributed by atoms with E-state index in [2.05, 4.69) is 0 Å². The molecule has 2 rings (SSSR count). The highest BCUT2D eigenvalue weighted by Gasteiger charge is 2.07. The molecule has 0 N–H and O–H groups in total. The van der Waals surface area contributed by atoms with Crippen molar-refractivity contribution < 1.29 is 23.7 Å². The lowest BCUT2D eigenvalue weighted by atomic mass is 10.1. The number of hydrogen-bond acceptors (Lipinski definition) is 5. The number of methoxy groups -OCH3 is 4. The number of rotatable bonds is 8. The molecule has 0 unspecified atom stereocenters. The molecule has 0 atom stereocenters. The van der Waals surface area contributed by atoms with Crippen LogP contribution in [-0.2, 0) is 14.3 Å². The van der Waals surface area contributed by atoms with E-state index in [0.29, 0.717) is 23.7 Å². The Kier molecular flexibility index (Phi) is 7.49. The normalized spacial score (nSPS) is 14.3. The van der Waals surface area contributed by atoms with Gasteiger partial charge in [0.05, 0.1) is 28.4 Å². The first-order valence-electron chi connectivity index (χ1n) is 8.42. The molecular formula is C22H24O5. The summed E-state index contributed by atoms with van der Waals surface area (Å²) in [6.45, 7) is 0. The lowest BCUT2D eigenvalue weighted by Gasteiger charge is -2.06. The summed E-state index contributed by atoms with van der Waals surface area (Å²) >= 11 is 0. The van der Waals surface area contributed by atoms with Crippen molar-refractivity contribution in [3.05, 3.63) is 77.3 Å². The van der Waals surface area contributed by atoms with E-state index in [4.69, 9.17) is 18.9 Å². The van der Waals surface area contributed by atoms with Gasteiger partial charge in [-0.15, -0.1) is 0 Å². The van der Waals surface area contributed by atoms with Gasteiger partial charge in [0.25, 0.3) is 0 Å². The van der Waals surface area contributed by atoms with Gasteiger partial charge in [0.1, 0.15) is 23.0 Å². The second-order valence-corrected chi connectivity index (χ2v) is 5.62. The largest absolute Gasteiger partial charge is 0.497 e. The van der Waals surface area contributed by atoms with Crippen LogP contribution in [-0.4, -0.2) is 34.2 Å². The van der Waals surface area contributed by atoms with Crippen LogP contribution in [0.4, 0.5) is 0 Å². The first kappa shape index (κ1) is 20.1. The fourth-order valence-electron chi connectivity index (χ4n) is 2.52. The quantitative estimate of drug-likeness (QED) is 0.643. The molecule has 1 aromatic carbocycles. The number of allylic oxidation sites excluding steroid dienone is 7. The average Bonchev–Trinajstić information content (AvgIpc) is 2.91. The first-order chi connectivity index (χ1) is 13.1. The Morgan fingerprint density at radius 3 is 2.37 bits per heavy atom. The molecule has 5 nitrogen and oxygen atoms in total. The predicted octanol–water partition coefficient (Wildman–Crippen LogP) is 4.23. The Labute approximate surface area is 159 Å². The number of carbonyl (C=O) groups is 1. The third-order valence-corrected chi connectivity index (χ3v) is 4.01. The van der Waals surface area contributed by atoms with E-state index in [1.807, 2.05) is 24.3 Å². The number of benzene rings is 1. The van der Waals surface area contributed by atoms with Crippen LogP contribution in [0.5, 0.6) is 11.5 Å². The summed E-state index contributed by atoms with van der Waals surface area (Å²) in [7, 11) is 6.39. The van der Waals surface area contributed by atoms with E-state index in [-0.39, 0.29) is 5.78 Å². The fourth-order valence-corrected chi connectivity index (χ4v) is 2.52. The van der Waals surface area contributed by atoms with Gasteiger partial charge in [-0.1, -0.05) is 6.08 Å². The van der Waals surface area contributed by atoms with Crippen LogP contribution in [0.25, 0.3) is 6.08 Å². The maximum atomic E-state index is 12.2. The molecule has 0 spiro atoms. The monoisotopic (exact) mass is 368 g/mol. The molecule has 1 aromatic rings. The summed E-state index contributed by atoms with van der Waals surface area (Å²) in [5.74, 6) is 2.66. The van der Waals surface area contributed by atoms with Crippen molar-refractivity contribution in [2.75, 3.05) is 28.4 Å². The van der Waals surface area contributed by atoms with Crippen LogP contribution in [0.2, 0.25) is 0 Å². The van der Waals surface area contributed by atoms with Crippen LogP contribution >= 0.6 is 0 Å². The SMILES string of the molecule is COC1=CCC(/C=C/C(=O)/C=C/c2cc(OC)ccc2OC)=C(OC)C=C1. The van der Waals surface area contributed by atoms with Crippen molar-refractivity contribution in [1.82, 2.24) is 0 Å². The van der Waals surface area contributed by atoms with Crippen molar-refractivity contribution in [3.63, 3.8) is 0 Å². The van der Waals surface area contributed by atoms with Gasteiger partial charge in [0.15, 0.2) is 5.78 Å². The Bertz CT molecular complexity index is 825. The second-order valence-electron chi connectivity index (χ2n) is 5.62. The van der Waals surface area contributed by atoms with Crippen LogP contribution in [0.1, 0.15) is 12.0 Å². The molecular weight excluding hydrogens is 344 g/mol. The van der Waals surface area contributed by atoms with E-state index in [1.165, 1.54) is 12.2 Å². The summed E-state index contributed by atoms with van der Waals surface area (Å²) in [4.78, 5) is 12.2. The molecule has 0 heterocycles. The third-order valence-electron chi connectivity index (χ3n) is 4.01. The van der Waals surface area contributed by atoms with Crippen molar-refractivity contribution in [3.8, 4) is 11.5 Å². The smallest absolute Gasteiger partial charge is 0.178 e. The summed E-state index contributed by atoms with van der Waals surface area (Å²) in [5.41, 5.74) is 1.65. The minimum Gasteiger partial charge on any atom is -0.497 e. The molecule has 0 aliphatic heterocycles. The summed E-state index contributed by atoms with van der Waals surface area (Å²) in [6.07, 6.45) is 12.7. The number of hydrogen-bond donors (Lipinski definition) is 0. The summed E-state index contributed by atoms with van der Waals surface area (Å²) in [5, 5.41) is 0. The van der Waals surface area contributed by atoms with Crippen molar-refractivity contribution in [2.45, 2.75) is 6.42 Å². The van der Waals surface area contributed by atoms with Gasteiger partial charge < -0.3 is 18.9 Å². The minimum absolute atomic E-state index is 0.146. The van der Waals surface area contributed by atoms with Gasteiger partial charge >= 0.3 is 0 Å². The highest BCUT2D eigenvalue weighted by molar-refractivity contribution is 6.02. The van der Waals surface area contributed by atoms with Gasteiger partial charge in [-0.05, 0) is 66.6 Å². The van der Waals surface area contributed by atoms with Crippen molar-refractivity contribution in [2.24, 2.45) is 0 Å². The van der Waals surface area contributed by atoms with Gasteiger partial charge in [-0.3, -0.25) is 4.79 Å². The van der Waals surface area contributed by atoms with E-state index >= 15 is 0 Å². The number of ether oxygens (including phenoxy) is 4. The molecule has 1 aliphatic carbocycles. The highest BCUT2D eigenvalue weighted by atomic mass is 16.5. The molecule has 0 fully saturated rings. The maximum Gasteiger partial charge on any atom is 0.178 e. The lowest BCUT2D eigenvalue weighted by Crippen LogP contribution is -1.92. The van der Waals surface area contributed by atoms with Crippen molar-refractivity contribution in [1.29, 1.82) is 0 Å². The van der Waals surface area contributed by atoms with Crippen LogP contribution in [0.15, 0.2) is 71.7 Å². The molecule has 27 heavy (non-hydrogen) atoms. The molecule has 5 heteroatoms. The van der Waals surface area contributed by atoms with Gasteiger partial charge in [0, 0.05) is 5.56 Å². The fraction of sp³-hybridized carbons (Fsp3) is 0.227. The standard InChI is InChI=1S/C22H24O5/c1-24-19-10-7-16(21(26-3)13-11-19)5-8-18(23)9-6-17-15-20(25-2)12-14-22(17)27-4/h5-6,8-15H,7H2,1-4H3/b8-5+,9-6+. The van der Waals surface area contributed by atoms with E-state index in [1.54, 1.807) is 52.7 Å². The van der Waals surface area contributed by atoms with Gasteiger partial charge in [-0.2, -0.15) is 0 Å². The first-order valence-corrected chi connectivity index (χ1v) is 8.42. The average molecular weight is 368 g/mol. The molecule has 0 saturated carbocycles. The Hall–Kier alpha value is -3.21. The number of carbonyl (C=O) groups excluding carboxylic acids is 1. The zero-order valence-electron chi connectivity index (χ0n) is 16.0. The molecule has 0 amide bonds. The second kappa shape index (κ2) is 10.1. The zero-order chi connectivity index (χ0) is 19.6. The Balaban J connectivity index is 2.15. The summed E-state index contributed by atoms with van der Waals surface area (Å²) < 4.78 is 21.1. The van der Waals surface area contributed by atoms with Crippen LogP contribution in [0, 0.1) is 0 Å². The van der Waals surface area contributed by atoms with E-state index < -0.39 is 0 Å². The molecule has 0 bridgehead atoms. The van der Waals surface area contributed by atoms with E-state index in [9.17, 15) is 4.79 Å². The third kappa shape index (κ3) is 5.64. The Morgan fingerprint density at radius 2 is 1.70 bits per heavy atom. The molecule has 0 saturated heterocycles. The lowest BCUT2D eigenvalue weighted by molar-refractivity contribution is -0.110. The maximum absolute atomic E-state index is 12.2. The van der Waals surface area contributed by atoms with Crippen LogP contribution in [0.3, 0.4) is 0 Å². The van der Waals surface area contributed by atoms with Crippen molar-refractivity contribution >= 4 is 11.9 Å². The predicted molar refractivity (Wildman–Crippen MR) is 106 cm³/mol. The molecule has 142 valence electrons. The molecule has 0 aromatic heterocycles. The minimum atomic E-state index is -0.146. The van der Waals surface area contributed by atoms with Gasteiger partial charge in [-0.25, -0.2) is 0 Å². The van der Waals surface area contributed by atoms with Gasteiger partial charge in [0.2, 0.25) is 0 Å². The van der Waals surface area contributed by atoms with Crippen LogP contribution < -0.4 is 9.47 Å². The number of ketones is 1. The molecule has 1 aliphatic rings. The van der Waals surface area contributed by atoms with E-state index in [0.717, 1.165) is 16.9 Å². The topological polar surface area (TPSA) is 54.0 Å². The highest BCUT2D eigenvalue weighted by Crippen LogP contribution is 2.25. The zero-order valence-corrected chi connectivity index (χ0v) is 16.0. The summed E-state index contributed by atoms with van der Waals surface area (Å²) in [6, 6.07) is 5.41. The Morgan fingerprint density at radius 1 is 0.926 bits per heavy atom.